The zero-order valence-electron chi connectivity index (χ0n) is 17.8. The molecule has 0 saturated heterocycles. The number of aliphatic hydroxyl groups excluding tert-OH is 1. The number of rotatable bonds is 5. The fourth-order valence-electron chi connectivity index (χ4n) is 4.45. The normalized spacial score (nSPS) is 22.7. The second-order valence-corrected chi connectivity index (χ2v) is 8.41. The van der Waals surface area contributed by atoms with E-state index in [1.165, 1.54) is 0 Å². The molecule has 8 nitrogen and oxygen atoms in total. The van der Waals surface area contributed by atoms with Gasteiger partial charge >= 0.3 is 0 Å². The lowest BCUT2D eigenvalue weighted by Crippen LogP contribution is -2.54. The summed E-state index contributed by atoms with van der Waals surface area (Å²) in [6.07, 6.45) is 5.74. The molecule has 5 rings (SSSR count). The van der Waals surface area contributed by atoms with Crippen LogP contribution in [-0.2, 0) is 11.3 Å². The van der Waals surface area contributed by atoms with E-state index in [4.69, 9.17) is 4.74 Å². The number of carbonyl (C=O) groups is 1. The Hall–Kier alpha value is -3.39. The second-order valence-electron chi connectivity index (χ2n) is 8.41. The van der Waals surface area contributed by atoms with Crippen molar-refractivity contribution in [2.45, 2.75) is 50.5 Å². The van der Waals surface area contributed by atoms with Gasteiger partial charge in [-0.25, -0.2) is 0 Å². The van der Waals surface area contributed by atoms with Gasteiger partial charge in [0.1, 0.15) is 5.75 Å². The van der Waals surface area contributed by atoms with Gasteiger partial charge in [-0.05, 0) is 42.7 Å². The largest absolute Gasteiger partial charge is 0.477 e. The molecule has 1 aliphatic heterocycles. The van der Waals surface area contributed by atoms with Gasteiger partial charge < -0.3 is 20.1 Å². The van der Waals surface area contributed by atoms with Gasteiger partial charge in [0.25, 0.3) is 5.91 Å². The van der Waals surface area contributed by atoms with Crippen molar-refractivity contribution in [2.75, 3.05) is 11.4 Å². The molecule has 2 N–H and O–H groups in total. The third kappa shape index (κ3) is 4.31. The van der Waals surface area contributed by atoms with Crippen molar-refractivity contribution in [3.8, 4) is 11.4 Å². The Balaban J connectivity index is 1.31. The van der Waals surface area contributed by atoms with Crippen molar-refractivity contribution >= 4 is 11.6 Å². The van der Waals surface area contributed by atoms with Crippen LogP contribution in [0.2, 0.25) is 0 Å². The van der Waals surface area contributed by atoms with Crippen LogP contribution in [0.4, 0.5) is 5.69 Å². The number of nitrogens with zero attached hydrogens (tertiary/aromatic N) is 4. The summed E-state index contributed by atoms with van der Waals surface area (Å²) in [4.78, 5) is 16.8. The number of carbonyl (C=O) groups excluding carboxylic acids is 1. The molecule has 2 aliphatic rings. The molecular weight excluding hydrogens is 406 g/mol. The highest BCUT2D eigenvalue weighted by molar-refractivity contribution is 5.83. The van der Waals surface area contributed by atoms with Crippen LogP contribution < -0.4 is 15.0 Å². The van der Waals surface area contributed by atoms with Gasteiger partial charge in [-0.2, -0.15) is 15.0 Å². The maximum absolute atomic E-state index is 13.0. The molecule has 1 aromatic heterocycles. The standard InChI is InChI=1S/C24H27N5O3/c30-21-7-3-1-5-19(21)27-24(31)23-16-28(20-6-2-4-8-22(20)32-23)15-17-9-11-18(12-10-17)29-25-13-14-26-29/h2,4,6,8-14,19,21,23,30H,1,3,5,7,15-16H2,(H,27,31). The third-order valence-electron chi connectivity index (χ3n) is 6.17. The Morgan fingerprint density at radius 2 is 1.81 bits per heavy atom. The minimum Gasteiger partial charge on any atom is -0.477 e. The maximum atomic E-state index is 13.0. The maximum Gasteiger partial charge on any atom is 0.263 e. The lowest BCUT2D eigenvalue weighted by atomic mass is 9.92. The molecule has 2 heterocycles. The summed E-state index contributed by atoms with van der Waals surface area (Å²) in [5, 5.41) is 21.6. The summed E-state index contributed by atoms with van der Waals surface area (Å²) in [6, 6.07) is 15.6. The summed E-state index contributed by atoms with van der Waals surface area (Å²) in [5.41, 5.74) is 2.97. The number of aliphatic hydroxyl groups is 1. The van der Waals surface area contributed by atoms with Crippen LogP contribution >= 0.6 is 0 Å². The minimum absolute atomic E-state index is 0.171. The quantitative estimate of drug-likeness (QED) is 0.642. The molecule has 1 amide bonds. The van der Waals surface area contributed by atoms with Gasteiger partial charge in [0.15, 0.2) is 6.10 Å². The molecule has 8 heteroatoms. The Labute approximate surface area is 186 Å². The average Bonchev–Trinajstić information content (AvgIpc) is 3.36. The molecular formula is C24H27N5O3. The van der Waals surface area contributed by atoms with E-state index in [1.807, 2.05) is 48.5 Å². The number of hydrogen-bond acceptors (Lipinski definition) is 6. The van der Waals surface area contributed by atoms with Gasteiger partial charge in [0, 0.05) is 6.54 Å². The van der Waals surface area contributed by atoms with Crippen LogP contribution in [0.15, 0.2) is 60.9 Å². The predicted octanol–water partition coefficient (Wildman–Crippen LogP) is 2.45. The van der Waals surface area contributed by atoms with Crippen molar-refractivity contribution < 1.29 is 14.6 Å². The topological polar surface area (TPSA) is 92.5 Å². The van der Waals surface area contributed by atoms with E-state index < -0.39 is 12.2 Å². The van der Waals surface area contributed by atoms with Crippen LogP contribution in [0, 0.1) is 0 Å². The molecule has 0 spiro atoms. The number of amides is 1. The van der Waals surface area contributed by atoms with Gasteiger partial charge in [0.05, 0.1) is 42.5 Å². The molecule has 32 heavy (non-hydrogen) atoms. The van der Waals surface area contributed by atoms with Crippen molar-refractivity contribution in [1.29, 1.82) is 0 Å². The zero-order chi connectivity index (χ0) is 21.9. The molecule has 166 valence electrons. The second kappa shape index (κ2) is 9.00. The highest BCUT2D eigenvalue weighted by Crippen LogP contribution is 2.34. The number of para-hydroxylation sites is 2. The van der Waals surface area contributed by atoms with Crippen molar-refractivity contribution in [3.63, 3.8) is 0 Å². The molecule has 0 radical (unpaired) electrons. The van der Waals surface area contributed by atoms with Crippen LogP contribution in [0.5, 0.6) is 5.75 Å². The van der Waals surface area contributed by atoms with Crippen molar-refractivity contribution in [2.24, 2.45) is 0 Å². The molecule has 1 saturated carbocycles. The number of hydrogen-bond donors (Lipinski definition) is 2. The van der Waals surface area contributed by atoms with Crippen LogP contribution in [-0.4, -0.2) is 50.8 Å². The number of benzene rings is 2. The van der Waals surface area contributed by atoms with E-state index in [2.05, 4.69) is 20.4 Å². The van der Waals surface area contributed by atoms with Gasteiger partial charge in [-0.1, -0.05) is 37.1 Å². The molecule has 3 aromatic rings. The van der Waals surface area contributed by atoms with Gasteiger partial charge in [-0.3, -0.25) is 4.79 Å². The Morgan fingerprint density at radius 3 is 2.59 bits per heavy atom. The summed E-state index contributed by atoms with van der Waals surface area (Å²) in [5.74, 6) is 0.524. The number of aromatic nitrogens is 3. The van der Waals surface area contributed by atoms with E-state index in [0.717, 1.165) is 42.6 Å². The fourth-order valence-corrected chi connectivity index (χ4v) is 4.45. The van der Waals surface area contributed by atoms with E-state index in [9.17, 15) is 9.90 Å². The monoisotopic (exact) mass is 433 g/mol. The molecule has 2 aromatic carbocycles. The third-order valence-corrected chi connectivity index (χ3v) is 6.17. The SMILES string of the molecule is O=C(NC1CCCCC1O)C1CN(Cc2ccc(-n3nccn3)cc2)c2ccccc2O1. The lowest BCUT2D eigenvalue weighted by molar-refractivity contribution is -0.129. The van der Waals surface area contributed by atoms with Crippen LogP contribution in [0.3, 0.4) is 0 Å². The Bertz CT molecular complexity index is 1050. The summed E-state index contributed by atoms with van der Waals surface area (Å²) in [7, 11) is 0. The molecule has 0 bridgehead atoms. The van der Waals surface area contributed by atoms with E-state index in [-0.39, 0.29) is 11.9 Å². The molecule has 3 unspecified atom stereocenters. The number of nitrogens with one attached hydrogen (secondary N) is 1. The van der Waals surface area contributed by atoms with Crippen molar-refractivity contribution in [3.05, 3.63) is 66.5 Å². The predicted molar refractivity (Wildman–Crippen MR) is 120 cm³/mol. The first-order valence-corrected chi connectivity index (χ1v) is 11.1. The zero-order valence-corrected chi connectivity index (χ0v) is 17.8. The first-order valence-electron chi connectivity index (χ1n) is 11.1. The van der Waals surface area contributed by atoms with Crippen LogP contribution in [0.25, 0.3) is 5.69 Å². The highest BCUT2D eigenvalue weighted by Gasteiger charge is 2.33. The highest BCUT2D eigenvalue weighted by atomic mass is 16.5. The smallest absolute Gasteiger partial charge is 0.263 e. The Morgan fingerprint density at radius 1 is 1.06 bits per heavy atom. The van der Waals surface area contributed by atoms with Gasteiger partial charge in [0.2, 0.25) is 0 Å². The van der Waals surface area contributed by atoms with E-state index in [0.29, 0.717) is 18.8 Å². The number of anilines is 1. The number of fused-ring (bicyclic) bond motifs is 1. The number of ether oxygens (including phenoxy) is 1. The van der Waals surface area contributed by atoms with Crippen LogP contribution in [0.1, 0.15) is 31.2 Å². The summed E-state index contributed by atoms with van der Waals surface area (Å²) < 4.78 is 6.05. The van der Waals surface area contributed by atoms with E-state index in [1.54, 1.807) is 17.2 Å². The average molecular weight is 434 g/mol. The summed E-state index contributed by atoms with van der Waals surface area (Å²) in [6.45, 7) is 1.08. The first-order chi connectivity index (χ1) is 15.7. The lowest BCUT2D eigenvalue weighted by Gasteiger charge is -2.37. The van der Waals surface area contributed by atoms with Crippen molar-refractivity contribution in [1.82, 2.24) is 20.3 Å². The fraction of sp³-hybridized carbons (Fsp3) is 0.375. The molecule has 3 atom stereocenters. The summed E-state index contributed by atoms with van der Waals surface area (Å²) >= 11 is 0. The Kier molecular flexibility index (Phi) is 5.77. The molecule has 1 aliphatic carbocycles. The first kappa shape index (κ1) is 20.5. The van der Waals surface area contributed by atoms with E-state index >= 15 is 0 Å². The minimum atomic E-state index is -0.633. The molecule has 1 fully saturated rings. The van der Waals surface area contributed by atoms with Gasteiger partial charge in [-0.15, -0.1) is 0 Å².